The van der Waals surface area contributed by atoms with E-state index < -0.39 is 0 Å². The summed E-state index contributed by atoms with van der Waals surface area (Å²) in [5, 5.41) is 4.99. The van der Waals surface area contributed by atoms with Crippen molar-refractivity contribution in [1.82, 2.24) is 24.5 Å². The maximum atomic E-state index is 12.7. The average Bonchev–Trinajstić information content (AvgIpc) is 3.07. The molecule has 0 saturated heterocycles. The Bertz CT molecular complexity index is 913. The Morgan fingerprint density at radius 2 is 2.00 bits per heavy atom. The van der Waals surface area contributed by atoms with E-state index in [9.17, 15) is 4.79 Å². The first kappa shape index (κ1) is 19.3. The number of aryl methyl sites for hydroxylation is 2. The van der Waals surface area contributed by atoms with Gasteiger partial charge in [-0.2, -0.15) is 4.98 Å². The lowest BCUT2D eigenvalue weighted by Gasteiger charge is -2.22. The fourth-order valence-electron chi connectivity index (χ4n) is 2.72. The van der Waals surface area contributed by atoms with Gasteiger partial charge < -0.3 is 9.64 Å². The van der Waals surface area contributed by atoms with Crippen LogP contribution in [0.2, 0.25) is 0 Å². The van der Waals surface area contributed by atoms with Crippen LogP contribution in [0.4, 0.5) is 0 Å². The molecule has 7 nitrogen and oxygen atoms in total. The van der Waals surface area contributed by atoms with Gasteiger partial charge in [0.25, 0.3) is 5.78 Å². The molecular weight excluding hydrogens is 362 g/mol. The van der Waals surface area contributed by atoms with Gasteiger partial charge in [0.1, 0.15) is 0 Å². The highest BCUT2D eigenvalue weighted by Crippen LogP contribution is 2.17. The molecule has 0 aliphatic rings. The van der Waals surface area contributed by atoms with Crippen LogP contribution < -0.4 is 0 Å². The lowest BCUT2D eigenvalue weighted by Crippen LogP contribution is -2.34. The number of nitrogens with zero attached hydrogens (tertiary/aromatic N) is 5. The van der Waals surface area contributed by atoms with Crippen LogP contribution in [-0.4, -0.2) is 56.4 Å². The third kappa shape index (κ3) is 5.05. The molecule has 0 saturated carbocycles. The van der Waals surface area contributed by atoms with Crippen LogP contribution in [0, 0.1) is 13.8 Å². The number of fused-ring (bicyclic) bond motifs is 1. The van der Waals surface area contributed by atoms with Gasteiger partial charge in [-0.15, -0.1) is 5.10 Å². The normalized spacial score (nSPS) is 11.1. The molecule has 2 heterocycles. The van der Waals surface area contributed by atoms with Crippen LogP contribution >= 0.6 is 11.8 Å². The predicted molar refractivity (Wildman–Crippen MR) is 105 cm³/mol. The molecule has 0 aliphatic heterocycles. The zero-order chi connectivity index (χ0) is 19.2. The molecular formula is C19H23N5O2S. The molecule has 0 bridgehead atoms. The lowest BCUT2D eigenvalue weighted by atomic mass is 10.2. The number of ether oxygens (including phenoxy) is 1. The maximum absolute atomic E-state index is 12.7. The van der Waals surface area contributed by atoms with Gasteiger partial charge in [0.2, 0.25) is 11.1 Å². The van der Waals surface area contributed by atoms with Gasteiger partial charge in [-0.25, -0.2) is 9.50 Å². The average molecular weight is 385 g/mol. The van der Waals surface area contributed by atoms with Crippen molar-refractivity contribution in [3.8, 4) is 0 Å². The second-order valence-corrected chi connectivity index (χ2v) is 7.17. The van der Waals surface area contributed by atoms with Gasteiger partial charge in [-0.3, -0.25) is 4.79 Å². The van der Waals surface area contributed by atoms with Crippen LogP contribution in [0.5, 0.6) is 0 Å². The van der Waals surface area contributed by atoms with Crippen LogP contribution in [0.3, 0.4) is 0 Å². The molecule has 1 amide bonds. The number of methoxy groups -OCH3 is 1. The number of thioether (sulfide) groups is 1. The van der Waals surface area contributed by atoms with Crippen LogP contribution in [-0.2, 0) is 16.1 Å². The number of rotatable bonds is 8. The summed E-state index contributed by atoms with van der Waals surface area (Å²) in [6, 6.07) is 11.9. The molecule has 0 radical (unpaired) electrons. The molecule has 2 aromatic heterocycles. The van der Waals surface area contributed by atoms with Crippen molar-refractivity contribution in [2.24, 2.45) is 0 Å². The summed E-state index contributed by atoms with van der Waals surface area (Å²) in [5.74, 6) is 0.856. The topological polar surface area (TPSA) is 72.6 Å². The van der Waals surface area contributed by atoms with Crippen LogP contribution in [0.15, 0.2) is 41.6 Å². The second kappa shape index (κ2) is 8.96. The third-order valence-corrected chi connectivity index (χ3v) is 4.88. The Hall–Kier alpha value is -2.45. The lowest BCUT2D eigenvalue weighted by molar-refractivity contribution is -0.129. The molecule has 0 fully saturated rings. The molecule has 142 valence electrons. The summed E-state index contributed by atoms with van der Waals surface area (Å²) in [4.78, 5) is 23.3. The van der Waals surface area contributed by atoms with E-state index >= 15 is 0 Å². The zero-order valence-corrected chi connectivity index (χ0v) is 16.6. The molecule has 8 heteroatoms. The van der Waals surface area contributed by atoms with Crippen LogP contribution in [0.25, 0.3) is 5.78 Å². The molecule has 0 N–H and O–H groups in total. The summed E-state index contributed by atoms with van der Waals surface area (Å²) in [6.07, 6.45) is 0. The largest absolute Gasteiger partial charge is 0.383 e. The molecule has 1 aromatic carbocycles. The van der Waals surface area contributed by atoms with E-state index in [0.717, 1.165) is 17.0 Å². The summed E-state index contributed by atoms with van der Waals surface area (Å²) in [7, 11) is 1.64. The smallest absolute Gasteiger partial charge is 0.253 e. The summed E-state index contributed by atoms with van der Waals surface area (Å²) in [6.45, 7) is 5.49. The minimum atomic E-state index is 0.0284. The van der Waals surface area contributed by atoms with E-state index in [1.165, 1.54) is 11.8 Å². The second-order valence-electron chi connectivity index (χ2n) is 6.23. The van der Waals surface area contributed by atoms with Crippen molar-refractivity contribution in [1.29, 1.82) is 0 Å². The van der Waals surface area contributed by atoms with Crippen molar-refractivity contribution < 1.29 is 9.53 Å². The molecule has 3 rings (SSSR count). The molecule has 0 spiro atoms. The number of hydrogen-bond acceptors (Lipinski definition) is 6. The number of hydrogen-bond donors (Lipinski definition) is 0. The Morgan fingerprint density at radius 1 is 1.22 bits per heavy atom. The summed E-state index contributed by atoms with van der Waals surface area (Å²) in [5.41, 5.74) is 2.95. The van der Waals surface area contributed by atoms with Crippen molar-refractivity contribution >= 4 is 23.4 Å². The number of carbonyl (C=O) groups excluding carboxylic acids is 1. The summed E-state index contributed by atoms with van der Waals surface area (Å²) >= 11 is 1.33. The fraction of sp³-hybridized carbons (Fsp3) is 0.368. The minimum Gasteiger partial charge on any atom is -0.383 e. The Morgan fingerprint density at radius 3 is 2.74 bits per heavy atom. The SMILES string of the molecule is COCCN(Cc1ccccc1)C(=O)CSc1nc2nc(C)cc(C)n2n1. The van der Waals surface area contributed by atoms with E-state index in [1.807, 2.05) is 50.2 Å². The van der Waals surface area contributed by atoms with Gasteiger partial charge in [0.05, 0.1) is 12.4 Å². The van der Waals surface area contributed by atoms with Crippen LogP contribution in [0.1, 0.15) is 17.0 Å². The zero-order valence-electron chi connectivity index (χ0n) is 15.8. The Kier molecular flexibility index (Phi) is 6.41. The monoisotopic (exact) mass is 385 g/mol. The number of benzene rings is 1. The number of carbonyl (C=O) groups is 1. The van der Waals surface area contributed by atoms with Crippen molar-refractivity contribution in [3.05, 3.63) is 53.3 Å². The van der Waals surface area contributed by atoms with E-state index in [0.29, 0.717) is 30.6 Å². The Balaban J connectivity index is 1.67. The van der Waals surface area contributed by atoms with Gasteiger partial charge in [0, 0.05) is 31.6 Å². The van der Waals surface area contributed by atoms with E-state index in [4.69, 9.17) is 4.74 Å². The first-order valence-corrected chi connectivity index (χ1v) is 9.70. The molecule has 27 heavy (non-hydrogen) atoms. The van der Waals surface area contributed by atoms with Crippen molar-refractivity contribution in [2.75, 3.05) is 26.0 Å². The number of amides is 1. The molecule has 0 unspecified atom stereocenters. The van der Waals surface area contributed by atoms with Gasteiger partial charge in [0.15, 0.2) is 0 Å². The minimum absolute atomic E-state index is 0.0284. The predicted octanol–water partition coefficient (Wildman–Crippen LogP) is 2.51. The first-order valence-electron chi connectivity index (χ1n) is 8.71. The van der Waals surface area contributed by atoms with Gasteiger partial charge in [-0.1, -0.05) is 42.1 Å². The number of aromatic nitrogens is 4. The first-order chi connectivity index (χ1) is 13.1. The maximum Gasteiger partial charge on any atom is 0.253 e. The summed E-state index contributed by atoms with van der Waals surface area (Å²) < 4.78 is 6.85. The van der Waals surface area contributed by atoms with Crippen molar-refractivity contribution in [3.63, 3.8) is 0 Å². The van der Waals surface area contributed by atoms with E-state index in [-0.39, 0.29) is 11.7 Å². The van der Waals surface area contributed by atoms with Crippen molar-refractivity contribution in [2.45, 2.75) is 25.5 Å². The highest BCUT2D eigenvalue weighted by atomic mass is 32.2. The highest BCUT2D eigenvalue weighted by molar-refractivity contribution is 7.99. The Labute approximate surface area is 162 Å². The van der Waals surface area contributed by atoms with E-state index in [1.54, 1.807) is 16.5 Å². The standard InChI is InChI=1S/C19H23N5O2S/c1-14-11-15(2)24-18(20-14)21-19(22-24)27-13-17(25)23(9-10-26-3)12-16-7-5-4-6-8-16/h4-8,11H,9-10,12-13H2,1-3H3. The molecule has 0 atom stereocenters. The highest BCUT2D eigenvalue weighted by Gasteiger charge is 2.16. The molecule has 3 aromatic rings. The van der Waals surface area contributed by atoms with Gasteiger partial charge >= 0.3 is 0 Å². The quantitative estimate of drug-likeness (QED) is 0.555. The fourth-order valence-corrected chi connectivity index (χ4v) is 3.44. The van der Waals surface area contributed by atoms with Gasteiger partial charge in [-0.05, 0) is 25.5 Å². The molecule has 0 aliphatic carbocycles. The third-order valence-electron chi connectivity index (χ3n) is 4.06. The van der Waals surface area contributed by atoms with E-state index in [2.05, 4.69) is 15.1 Å².